The number of benzene rings is 6. The molecule has 6 nitrogen and oxygen atoms in total. The van der Waals surface area contributed by atoms with Gasteiger partial charge in [0.2, 0.25) is 14.0 Å². The van der Waals surface area contributed by atoms with E-state index in [1.54, 1.807) is 24.2 Å². The molecule has 6 heterocycles. The summed E-state index contributed by atoms with van der Waals surface area (Å²) in [4.78, 5) is 23.7. The maximum Gasteiger partial charge on any atom is 0.242 e. The fourth-order valence-electron chi connectivity index (χ4n) is 9.04. The van der Waals surface area contributed by atoms with Gasteiger partial charge in [-0.05, 0) is 69.2 Å². The van der Waals surface area contributed by atoms with Gasteiger partial charge in [0, 0.05) is 56.2 Å². The highest BCUT2D eigenvalue weighted by Crippen LogP contribution is 2.60. The molecule has 0 radical (unpaired) electrons. The highest BCUT2D eigenvalue weighted by atomic mass is 32.2. The summed E-state index contributed by atoms with van der Waals surface area (Å²) in [7, 11) is -2.90. The number of hydrogen-bond acceptors (Lipinski definition) is 8. The van der Waals surface area contributed by atoms with Crippen molar-refractivity contribution in [1.29, 1.82) is 0 Å². The zero-order valence-electron chi connectivity index (χ0n) is 28.4. The first-order valence-corrected chi connectivity index (χ1v) is 21.4. The molecular formula is C45H26N4O2S2Si. The molecule has 2 spiro atoms. The van der Waals surface area contributed by atoms with Gasteiger partial charge in [-0.2, -0.15) is 0 Å². The van der Waals surface area contributed by atoms with E-state index in [9.17, 15) is 0 Å². The van der Waals surface area contributed by atoms with Crippen LogP contribution in [-0.4, -0.2) is 28.0 Å². The van der Waals surface area contributed by atoms with Crippen molar-refractivity contribution in [3.05, 3.63) is 181 Å². The van der Waals surface area contributed by atoms with Crippen LogP contribution < -0.4 is 30.4 Å². The van der Waals surface area contributed by atoms with Crippen LogP contribution in [0.25, 0.3) is 11.1 Å². The molecule has 254 valence electrons. The van der Waals surface area contributed by atoms with Crippen molar-refractivity contribution in [1.82, 2.24) is 19.9 Å². The summed E-state index contributed by atoms with van der Waals surface area (Å²) in [6.07, 6.45) is 7.13. The number of para-hydroxylation sites is 2. The quantitative estimate of drug-likeness (QED) is 0.158. The second-order valence-electron chi connectivity index (χ2n) is 13.7. The minimum absolute atomic E-state index is 0.496. The van der Waals surface area contributed by atoms with Crippen molar-refractivity contribution in [3.63, 3.8) is 0 Å². The standard InChI is InChI=1S/C45H26N4O2S2Si/c1-3-11-32-29(9-1)45(30-10-2-4-12-33(30)51-42-41(45)46-21-22-47-42)31-25-27(17-19-34(31)50-32)28-18-20-37-40(26-28)54(38-15-7-5-13-35(38)52-37)39-16-8-6-14-36(39)53-43-44(54)49-24-23-48-43/h1-26H. The molecular weight excluding hydrogens is 721 g/mol. The van der Waals surface area contributed by atoms with Crippen molar-refractivity contribution in [2.24, 2.45) is 0 Å². The average Bonchev–Trinajstić information content (AvgIpc) is 3.23. The lowest BCUT2D eigenvalue weighted by atomic mass is 9.64. The lowest BCUT2D eigenvalue weighted by Gasteiger charge is -2.43. The minimum atomic E-state index is -2.90. The molecule has 0 bridgehead atoms. The number of rotatable bonds is 1. The molecule has 4 aliphatic rings. The molecule has 4 aliphatic heterocycles. The Morgan fingerprint density at radius 1 is 0.463 bits per heavy atom. The van der Waals surface area contributed by atoms with Gasteiger partial charge in [0.15, 0.2) is 0 Å². The van der Waals surface area contributed by atoms with Crippen molar-refractivity contribution < 1.29 is 9.47 Å². The number of aromatic nitrogens is 4. The van der Waals surface area contributed by atoms with Gasteiger partial charge < -0.3 is 9.47 Å². The molecule has 0 aliphatic carbocycles. The largest absolute Gasteiger partial charge is 0.457 e. The second-order valence-corrected chi connectivity index (χ2v) is 19.4. The third-order valence-corrected chi connectivity index (χ3v) is 18.9. The normalized spacial score (nSPS) is 19.0. The van der Waals surface area contributed by atoms with E-state index in [-0.39, 0.29) is 0 Å². The van der Waals surface area contributed by atoms with E-state index >= 15 is 0 Å². The van der Waals surface area contributed by atoms with Gasteiger partial charge in [-0.15, -0.1) is 0 Å². The van der Waals surface area contributed by atoms with Crippen molar-refractivity contribution in [2.45, 2.75) is 25.1 Å². The maximum absolute atomic E-state index is 6.72. The Morgan fingerprint density at radius 2 is 1.06 bits per heavy atom. The van der Waals surface area contributed by atoms with Crippen LogP contribution >= 0.6 is 23.5 Å². The lowest BCUT2D eigenvalue weighted by Crippen LogP contribution is -2.79. The first kappa shape index (κ1) is 30.5. The molecule has 0 N–H and O–H groups in total. The maximum atomic E-state index is 6.72. The third-order valence-electron chi connectivity index (χ3n) is 11.2. The fourth-order valence-corrected chi connectivity index (χ4v) is 17.9. The molecule has 9 heteroatoms. The highest BCUT2D eigenvalue weighted by molar-refractivity contribution is 8.01. The van der Waals surface area contributed by atoms with Gasteiger partial charge in [0.05, 0.1) is 5.32 Å². The molecule has 2 unspecified atom stereocenters. The number of ether oxygens (including phenoxy) is 2. The van der Waals surface area contributed by atoms with Crippen LogP contribution in [0.4, 0.5) is 0 Å². The molecule has 2 aromatic heterocycles. The summed E-state index contributed by atoms with van der Waals surface area (Å²) < 4.78 is 13.2. The van der Waals surface area contributed by atoms with Crippen LogP contribution in [0.3, 0.4) is 0 Å². The van der Waals surface area contributed by atoms with Crippen molar-refractivity contribution >= 4 is 52.5 Å². The predicted molar refractivity (Wildman–Crippen MR) is 213 cm³/mol. The molecule has 6 aromatic carbocycles. The van der Waals surface area contributed by atoms with Crippen LogP contribution in [-0.2, 0) is 5.41 Å². The van der Waals surface area contributed by atoms with E-state index in [4.69, 9.17) is 29.4 Å². The van der Waals surface area contributed by atoms with Gasteiger partial charge >= 0.3 is 0 Å². The molecule has 0 saturated carbocycles. The Bertz CT molecular complexity index is 2500. The van der Waals surface area contributed by atoms with Crippen molar-refractivity contribution in [2.75, 3.05) is 0 Å². The van der Waals surface area contributed by atoms with E-state index in [2.05, 4.69) is 109 Å². The third kappa shape index (κ3) is 3.93. The summed E-state index contributed by atoms with van der Waals surface area (Å²) in [5.41, 5.74) is 5.13. The monoisotopic (exact) mass is 746 g/mol. The van der Waals surface area contributed by atoms with Gasteiger partial charge in [-0.3, -0.25) is 9.97 Å². The Balaban J connectivity index is 1.14. The van der Waals surface area contributed by atoms with Crippen LogP contribution in [0.1, 0.15) is 22.4 Å². The van der Waals surface area contributed by atoms with E-state index < -0.39 is 13.5 Å². The van der Waals surface area contributed by atoms with Crippen LogP contribution in [0.5, 0.6) is 23.1 Å². The van der Waals surface area contributed by atoms with Gasteiger partial charge in [-0.1, -0.05) is 115 Å². The van der Waals surface area contributed by atoms with Crippen LogP contribution in [0.2, 0.25) is 0 Å². The SMILES string of the molecule is c1ccc2c(c1)Oc1ccc(-c3ccc4c(c3)[Si]3(c5ccccc5S4)c4ccccc4Sc4nccnc43)cc1C21c2ccccc2Oc2nccnc21. The van der Waals surface area contributed by atoms with Gasteiger partial charge in [-0.25, -0.2) is 9.97 Å². The van der Waals surface area contributed by atoms with Crippen molar-refractivity contribution in [3.8, 4) is 34.3 Å². The zero-order chi connectivity index (χ0) is 35.4. The van der Waals surface area contributed by atoms with E-state index in [1.807, 2.05) is 48.4 Å². The molecule has 0 fully saturated rings. The van der Waals surface area contributed by atoms with Crippen LogP contribution in [0, 0.1) is 0 Å². The smallest absolute Gasteiger partial charge is 0.242 e. The molecule has 54 heavy (non-hydrogen) atoms. The number of nitrogens with zero attached hydrogens (tertiary/aromatic N) is 4. The summed E-state index contributed by atoms with van der Waals surface area (Å²) >= 11 is 3.58. The lowest BCUT2D eigenvalue weighted by molar-refractivity contribution is 0.383. The summed E-state index contributed by atoms with van der Waals surface area (Å²) in [5.74, 6) is 2.82. The molecule has 0 saturated heterocycles. The number of fused-ring (bicyclic) bond motifs is 16. The molecule has 2 atom stereocenters. The van der Waals surface area contributed by atoms with Gasteiger partial charge in [0.1, 0.15) is 33.4 Å². The highest BCUT2D eigenvalue weighted by Gasteiger charge is 2.54. The predicted octanol–water partition coefficient (Wildman–Crippen LogP) is 7.83. The second kappa shape index (κ2) is 11.3. The van der Waals surface area contributed by atoms with E-state index in [0.717, 1.165) is 61.1 Å². The van der Waals surface area contributed by atoms with Crippen LogP contribution in [0.15, 0.2) is 178 Å². The molecule has 0 amide bonds. The topological polar surface area (TPSA) is 70.0 Å². The van der Waals surface area contributed by atoms with Gasteiger partial charge in [0.25, 0.3) is 0 Å². The average molecular weight is 747 g/mol. The first-order chi connectivity index (χ1) is 26.7. The Hall–Kier alpha value is -6.00. The minimum Gasteiger partial charge on any atom is -0.457 e. The summed E-state index contributed by atoms with van der Waals surface area (Å²) in [6.45, 7) is 0. The fraction of sp³-hybridized carbons (Fsp3) is 0.0222. The Labute approximate surface area is 320 Å². The summed E-state index contributed by atoms with van der Waals surface area (Å²) in [5, 5.41) is 6.14. The first-order valence-electron chi connectivity index (χ1n) is 17.8. The van der Waals surface area contributed by atoms with E-state index in [0.29, 0.717) is 5.88 Å². The Morgan fingerprint density at radius 3 is 1.87 bits per heavy atom. The molecule has 12 rings (SSSR count). The number of hydrogen-bond donors (Lipinski definition) is 0. The zero-order valence-corrected chi connectivity index (χ0v) is 31.1. The summed E-state index contributed by atoms with van der Waals surface area (Å²) in [6, 6.07) is 47.9. The Kier molecular flexibility index (Phi) is 6.35. The van der Waals surface area contributed by atoms with E-state index in [1.165, 1.54) is 30.2 Å². The molecule has 8 aromatic rings.